The van der Waals surface area contributed by atoms with Crippen molar-refractivity contribution in [3.63, 3.8) is 0 Å². The molecule has 2 N–H and O–H groups in total. The molecule has 2 aromatic rings. The number of aryl methyl sites for hydroxylation is 1. The van der Waals surface area contributed by atoms with Gasteiger partial charge in [0, 0.05) is 6.07 Å². The van der Waals surface area contributed by atoms with E-state index in [4.69, 9.17) is 4.52 Å². The molecule has 0 aromatic carbocycles. The number of hydrogen-bond acceptors (Lipinski definition) is 6. The second-order valence-electron chi connectivity index (χ2n) is 5.33. The third-order valence-corrected chi connectivity index (χ3v) is 3.52. The average Bonchev–Trinajstić information content (AvgIpc) is 3.12. The lowest BCUT2D eigenvalue weighted by molar-refractivity contribution is -0.115. The van der Waals surface area contributed by atoms with Crippen LogP contribution in [0, 0.1) is 6.92 Å². The first kappa shape index (κ1) is 13.7. The second-order valence-corrected chi connectivity index (χ2v) is 5.33. The number of rotatable bonds is 4. The lowest BCUT2D eigenvalue weighted by atomic mass is 10.2. The van der Waals surface area contributed by atoms with E-state index in [0.29, 0.717) is 12.2 Å². The van der Waals surface area contributed by atoms with Crippen molar-refractivity contribution in [3.05, 3.63) is 23.8 Å². The van der Waals surface area contributed by atoms with Crippen molar-refractivity contribution in [2.45, 2.75) is 44.8 Å². The van der Waals surface area contributed by atoms with Crippen LogP contribution in [0.1, 0.15) is 36.8 Å². The number of carbonyl (C=O) groups is 1. The fraction of sp³-hybridized carbons (Fsp3) is 0.538. The minimum atomic E-state index is -0.271. The number of aliphatic hydroxyl groups excluding tert-OH is 1. The van der Waals surface area contributed by atoms with Crippen LogP contribution >= 0.6 is 0 Å². The average molecular weight is 291 g/mol. The quantitative estimate of drug-likeness (QED) is 0.864. The maximum absolute atomic E-state index is 11.8. The third-order valence-electron chi connectivity index (χ3n) is 3.52. The molecule has 1 aliphatic rings. The van der Waals surface area contributed by atoms with Gasteiger partial charge in [0.2, 0.25) is 11.9 Å². The van der Waals surface area contributed by atoms with Crippen LogP contribution in [-0.2, 0) is 11.2 Å². The van der Waals surface area contributed by atoms with Crippen LogP contribution in [0.25, 0.3) is 0 Å². The van der Waals surface area contributed by atoms with Crippen molar-refractivity contribution in [2.75, 3.05) is 5.32 Å². The summed E-state index contributed by atoms with van der Waals surface area (Å²) < 4.78 is 6.69. The van der Waals surface area contributed by atoms with E-state index in [-0.39, 0.29) is 30.4 Å². The maximum atomic E-state index is 11.8. The van der Waals surface area contributed by atoms with Gasteiger partial charge in [0.05, 0.1) is 24.3 Å². The third kappa shape index (κ3) is 3.27. The van der Waals surface area contributed by atoms with Crippen LogP contribution in [0.5, 0.6) is 0 Å². The van der Waals surface area contributed by atoms with E-state index in [1.165, 1.54) is 0 Å². The molecule has 2 heterocycles. The summed E-state index contributed by atoms with van der Waals surface area (Å²) in [7, 11) is 0. The molecule has 112 valence electrons. The van der Waals surface area contributed by atoms with Crippen molar-refractivity contribution >= 4 is 11.9 Å². The number of amides is 1. The monoisotopic (exact) mass is 291 g/mol. The van der Waals surface area contributed by atoms with Gasteiger partial charge in [-0.3, -0.25) is 10.1 Å². The van der Waals surface area contributed by atoms with E-state index in [1.807, 2.05) is 0 Å². The lowest BCUT2D eigenvalue weighted by Gasteiger charge is -2.07. The zero-order valence-corrected chi connectivity index (χ0v) is 11.7. The number of carbonyl (C=O) groups excluding carboxylic acids is 1. The summed E-state index contributed by atoms with van der Waals surface area (Å²) in [6.45, 7) is 1.80. The predicted molar refractivity (Wildman–Crippen MR) is 72.5 cm³/mol. The van der Waals surface area contributed by atoms with Crippen LogP contribution < -0.4 is 5.32 Å². The molecule has 8 nitrogen and oxygen atoms in total. The minimum absolute atomic E-state index is 0.0948. The molecule has 1 fully saturated rings. The number of anilines is 1. The second kappa shape index (κ2) is 5.65. The molecule has 2 unspecified atom stereocenters. The Morgan fingerprint density at radius 2 is 2.43 bits per heavy atom. The summed E-state index contributed by atoms with van der Waals surface area (Å²) in [5.74, 6) is 0.510. The van der Waals surface area contributed by atoms with Crippen LogP contribution in [0.3, 0.4) is 0 Å². The van der Waals surface area contributed by atoms with E-state index in [1.54, 1.807) is 24.0 Å². The first-order chi connectivity index (χ1) is 10.1. The molecule has 2 aromatic heterocycles. The molecule has 0 spiro atoms. The highest BCUT2D eigenvalue weighted by molar-refractivity contribution is 5.90. The van der Waals surface area contributed by atoms with E-state index < -0.39 is 0 Å². The number of hydrogen-bond donors (Lipinski definition) is 2. The summed E-state index contributed by atoms with van der Waals surface area (Å²) in [4.78, 5) is 15.9. The smallest absolute Gasteiger partial charge is 0.248 e. The Morgan fingerprint density at radius 3 is 3.10 bits per heavy atom. The topological polar surface area (TPSA) is 106 Å². The molecule has 21 heavy (non-hydrogen) atoms. The Balaban J connectivity index is 1.58. The Bertz CT molecular complexity index is 635. The summed E-state index contributed by atoms with van der Waals surface area (Å²) in [6.07, 6.45) is 3.72. The van der Waals surface area contributed by atoms with Gasteiger partial charge in [0.1, 0.15) is 12.1 Å². The molecule has 0 radical (unpaired) electrons. The Hall–Kier alpha value is -2.22. The molecule has 3 rings (SSSR count). The molecule has 8 heteroatoms. The van der Waals surface area contributed by atoms with Crippen molar-refractivity contribution < 1.29 is 14.4 Å². The Labute approximate surface area is 121 Å². The normalized spacial score (nSPS) is 21.6. The van der Waals surface area contributed by atoms with Crippen LogP contribution in [-0.4, -0.2) is 37.0 Å². The largest absolute Gasteiger partial charge is 0.393 e. The van der Waals surface area contributed by atoms with Gasteiger partial charge in [-0.1, -0.05) is 5.16 Å². The highest BCUT2D eigenvalue weighted by Crippen LogP contribution is 2.29. The molecule has 1 aliphatic carbocycles. The van der Waals surface area contributed by atoms with Crippen molar-refractivity contribution in [1.82, 2.24) is 19.9 Å². The number of aromatic nitrogens is 4. The van der Waals surface area contributed by atoms with E-state index in [2.05, 4.69) is 20.6 Å². The van der Waals surface area contributed by atoms with Crippen molar-refractivity contribution in [2.24, 2.45) is 0 Å². The lowest BCUT2D eigenvalue weighted by Crippen LogP contribution is -2.16. The van der Waals surface area contributed by atoms with Gasteiger partial charge in [0.15, 0.2) is 0 Å². The molecular weight excluding hydrogens is 274 g/mol. The molecule has 2 atom stereocenters. The molecule has 0 aliphatic heterocycles. The summed E-state index contributed by atoms with van der Waals surface area (Å²) in [5.41, 5.74) is 0.736. The van der Waals surface area contributed by atoms with E-state index in [0.717, 1.165) is 18.5 Å². The van der Waals surface area contributed by atoms with Gasteiger partial charge < -0.3 is 9.63 Å². The first-order valence-electron chi connectivity index (χ1n) is 6.91. The zero-order valence-electron chi connectivity index (χ0n) is 11.7. The maximum Gasteiger partial charge on any atom is 0.248 e. The van der Waals surface area contributed by atoms with Crippen molar-refractivity contribution in [3.8, 4) is 0 Å². The van der Waals surface area contributed by atoms with Gasteiger partial charge in [0.25, 0.3) is 0 Å². The van der Waals surface area contributed by atoms with Crippen LogP contribution in [0.4, 0.5) is 5.95 Å². The number of nitrogens with one attached hydrogen (secondary N) is 1. The van der Waals surface area contributed by atoms with Crippen LogP contribution in [0.2, 0.25) is 0 Å². The molecule has 0 bridgehead atoms. The highest BCUT2D eigenvalue weighted by Gasteiger charge is 2.25. The summed E-state index contributed by atoms with van der Waals surface area (Å²) in [5, 5.41) is 20.1. The minimum Gasteiger partial charge on any atom is -0.393 e. The molecule has 1 amide bonds. The van der Waals surface area contributed by atoms with Gasteiger partial charge >= 0.3 is 0 Å². The van der Waals surface area contributed by atoms with Crippen molar-refractivity contribution in [1.29, 1.82) is 0 Å². The van der Waals surface area contributed by atoms with Gasteiger partial charge in [-0.25, -0.2) is 9.67 Å². The summed E-state index contributed by atoms with van der Waals surface area (Å²) in [6, 6.07) is 1.86. The molecular formula is C13H17N5O3. The fourth-order valence-electron chi connectivity index (χ4n) is 2.51. The van der Waals surface area contributed by atoms with Gasteiger partial charge in [-0.2, -0.15) is 0 Å². The van der Waals surface area contributed by atoms with E-state index >= 15 is 0 Å². The van der Waals surface area contributed by atoms with Gasteiger partial charge in [-0.05, 0) is 26.2 Å². The summed E-state index contributed by atoms with van der Waals surface area (Å²) >= 11 is 0. The Morgan fingerprint density at radius 1 is 1.57 bits per heavy atom. The first-order valence-corrected chi connectivity index (χ1v) is 6.91. The number of aliphatic hydroxyl groups is 1. The predicted octanol–water partition coefficient (Wildman–Crippen LogP) is 0.842. The van der Waals surface area contributed by atoms with Gasteiger partial charge in [-0.15, -0.1) is 5.10 Å². The standard InChI is InChI=1S/C13H17N5O3/c1-8-4-11(21-17-8)6-12(20)15-13-14-7-18(16-13)9-2-3-10(19)5-9/h4,7,9-10,19H,2-3,5-6H2,1H3,(H,15,16,20). The van der Waals surface area contributed by atoms with E-state index in [9.17, 15) is 9.90 Å². The zero-order chi connectivity index (χ0) is 14.8. The van der Waals surface area contributed by atoms with Crippen LogP contribution in [0.15, 0.2) is 16.9 Å². The SMILES string of the molecule is Cc1cc(CC(=O)Nc2ncn(C3CCC(O)C3)n2)on1. The fourth-order valence-corrected chi connectivity index (χ4v) is 2.51. The highest BCUT2D eigenvalue weighted by atomic mass is 16.5. The molecule has 1 saturated carbocycles. The number of nitrogens with zero attached hydrogens (tertiary/aromatic N) is 4. The molecule has 0 saturated heterocycles. The Kier molecular flexibility index (Phi) is 3.70.